The van der Waals surface area contributed by atoms with E-state index in [0.29, 0.717) is 12.6 Å². The van der Waals surface area contributed by atoms with Crippen molar-refractivity contribution in [1.29, 1.82) is 0 Å². The van der Waals surface area contributed by atoms with Gasteiger partial charge < -0.3 is 5.73 Å². The number of pyridine rings is 1. The molecule has 0 spiro atoms. The maximum atomic E-state index is 5.87. The number of aromatic nitrogens is 1. The van der Waals surface area contributed by atoms with Gasteiger partial charge >= 0.3 is 0 Å². The average Bonchev–Trinajstić information content (AvgIpc) is 2.33. The molecule has 3 nitrogen and oxygen atoms in total. The van der Waals surface area contributed by atoms with Crippen LogP contribution >= 0.6 is 0 Å². The Kier molecular flexibility index (Phi) is 3.69. The first kappa shape index (κ1) is 10.6. The SMILES string of the molecule is NCC(c1cccnc1)N1CCCCC1. The second-order valence-corrected chi connectivity index (χ2v) is 4.13. The van der Waals surface area contributed by atoms with Gasteiger partial charge in [-0.1, -0.05) is 12.5 Å². The Bertz CT molecular complexity index is 280. The standard InChI is InChI=1S/C12H19N3/c13-9-12(11-5-4-6-14-10-11)15-7-2-1-3-8-15/h4-6,10,12H,1-3,7-9,13H2. The van der Waals surface area contributed by atoms with Crippen LogP contribution in [0.2, 0.25) is 0 Å². The summed E-state index contributed by atoms with van der Waals surface area (Å²) < 4.78 is 0. The van der Waals surface area contributed by atoms with Crippen LogP contribution in [0.1, 0.15) is 30.9 Å². The normalized spacial score (nSPS) is 20.1. The van der Waals surface area contributed by atoms with Crippen molar-refractivity contribution in [2.75, 3.05) is 19.6 Å². The fraction of sp³-hybridized carbons (Fsp3) is 0.583. The summed E-state index contributed by atoms with van der Waals surface area (Å²) in [6.45, 7) is 3.04. The summed E-state index contributed by atoms with van der Waals surface area (Å²) in [4.78, 5) is 6.65. The van der Waals surface area contributed by atoms with Crippen LogP contribution in [0.5, 0.6) is 0 Å². The largest absolute Gasteiger partial charge is 0.329 e. The Balaban J connectivity index is 2.09. The predicted molar refractivity (Wildman–Crippen MR) is 61.5 cm³/mol. The van der Waals surface area contributed by atoms with Gasteiger partial charge in [0.15, 0.2) is 0 Å². The van der Waals surface area contributed by atoms with E-state index < -0.39 is 0 Å². The van der Waals surface area contributed by atoms with Gasteiger partial charge in [0.05, 0.1) is 0 Å². The fourth-order valence-electron chi connectivity index (χ4n) is 2.30. The Hall–Kier alpha value is -0.930. The van der Waals surface area contributed by atoms with E-state index in [1.54, 1.807) is 0 Å². The summed E-state index contributed by atoms with van der Waals surface area (Å²) in [5, 5.41) is 0. The minimum atomic E-state index is 0.360. The van der Waals surface area contributed by atoms with Crippen molar-refractivity contribution in [2.45, 2.75) is 25.3 Å². The molecule has 1 aromatic rings. The molecule has 0 bridgehead atoms. The van der Waals surface area contributed by atoms with E-state index in [9.17, 15) is 0 Å². The first-order valence-corrected chi connectivity index (χ1v) is 5.76. The molecule has 1 saturated heterocycles. The van der Waals surface area contributed by atoms with Crippen molar-refractivity contribution in [3.05, 3.63) is 30.1 Å². The molecule has 1 unspecified atom stereocenters. The quantitative estimate of drug-likeness (QED) is 0.814. The van der Waals surface area contributed by atoms with Crippen LogP contribution in [0.3, 0.4) is 0 Å². The third-order valence-electron chi connectivity index (χ3n) is 3.12. The zero-order valence-corrected chi connectivity index (χ0v) is 9.10. The Labute approximate surface area is 91.3 Å². The van der Waals surface area contributed by atoms with Crippen molar-refractivity contribution < 1.29 is 0 Å². The maximum Gasteiger partial charge on any atom is 0.0485 e. The number of nitrogens with zero attached hydrogens (tertiary/aromatic N) is 2. The second-order valence-electron chi connectivity index (χ2n) is 4.13. The van der Waals surface area contributed by atoms with E-state index in [1.165, 1.54) is 37.9 Å². The number of hydrogen-bond acceptors (Lipinski definition) is 3. The summed E-state index contributed by atoms with van der Waals surface area (Å²) in [5.74, 6) is 0. The number of rotatable bonds is 3. The molecule has 1 aliphatic heterocycles. The lowest BCUT2D eigenvalue weighted by Crippen LogP contribution is -2.37. The monoisotopic (exact) mass is 205 g/mol. The van der Waals surface area contributed by atoms with Crippen LogP contribution < -0.4 is 5.73 Å². The van der Waals surface area contributed by atoms with Gasteiger partial charge in [0, 0.05) is 25.0 Å². The van der Waals surface area contributed by atoms with Gasteiger partial charge in [0.1, 0.15) is 0 Å². The zero-order chi connectivity index (χ0) is 10.5. The lowest BCUT2D eigenvalue weighted by molar-refractivity contribution is 0.167. The van der Waals surface area contributed by atoms with Gasteiger partial charge in [0.2, 0.25) is 0 Å². The van der Waals surface area contributed by atoms with Crippen LogP contribution in [0.25, 0.3) is 0 Å². The van der Waals surface area contributed by atoms with Crippen LogP contribution in [-0.2, 0) is 0 Å². The van der Waals surface area contributed by atoms with E-state index in [-0.39, 0.29) is 0 Å². The molecule has 82 valence electrons. The predicted octanol–water partition coefficient (Wildman–Crippen LogP) is 1.57. The molecular formula is C12H19N3. The number of piperidine rings is 1. The van der Waals surface area contributed by atoms with E-state index in [1.807, 2.05) is 18.5 Å². The lowest BCUT2D eigenvalue weighted by Gasteiger charge is -2.33. The summed E-state index contributed by atoms with van der Waals surface area (Å²) >= 11 is 0. The molecule has 0 radical (unpaired) electrons. The molecule has 0 amide bonds. The number of likely N-dealkylation sites (tertiary alicyclic amines) is 1. The fourth-order valence-corrected chi connectivity index (χ4v) is 2.30. The minimum Gasteiger partial charge on any atom is -0.329 e. The van der Waals surface area contributed by atoms with Gasteiger partial charge in [-0.3, -0.25) is 9.88 Å². The smallest absolute Gasteiger partial charge is 0.0485 e. The third kappa shape index (κ3) is 2.55. The van der Waals surface area contributed by atoms with E-state index in [4.69, 9.17) is 5.73 Å². The summed E-state index contributed by atoms with van der Waals surface area (Å²) in [5.41, 5.74) is 7.12. The van der Waals surface area contributed by atoms with Crippen molar-refractivity contribution >= 4 is 0 Å². The Morgan fingerprint density at radius 3 is 2.73 bits per heavy atom. The zero-order valence-electron chi connectivity index (χ0n) is 9.10. The topological polar surface area (TPSA) is 42.1 Å². The van der Waals surface area contributed by atoms with Crippen molar-refractivity contribution in [2.24, 2.45) is 5.73 Å². The summed E-state index contributed by atoms with van der Waals surface area (Å²) in [6, 6.07) is 4.47. The van der Waals surface area contributed by atoms with Gasteiger partial charge in [-0.15, -0.1) is 0 Å². The molecule has 2 N–H and O–H groups in total. The average molecular weight is 205 g/mol. The van der Waals surface area contributed by atoms with E-state index in [0.717, 1.165) is 0 Å². The molecule has 0 aromatic carbocycles. The highest BCUT2D eigenvalue weighted by atomic mass is 15.2. The van der Waals surface area contributed by atoms with Gasteiger partial charge in [-0.2, -0.15) is 0 Å². The Morgan fingerprint density at radius 2 is 2.13 bits per heavy atom. The molecule has 1 aliphatic rings. The molecule has 2 rings (SSSR count). The van der Waals surface area contributed by atoms with Crippen molar-refractivity contribution in [3.8, 4) is 0 Å². The molecule has 1 atom stereocenters. The third-order valence-corrected chi connectivity index (χ3v) is 3.12. The van der Waals surface area contributed by atoms with Crippen LogP contribution in [0.15, 0.2) is 24.5 Å². The molecule has 1 aromatic heterocycles. The minimum absolute atomic E-state index is 0.360. The van der Waals surface area contributed by atoms with Crippen LogP contribution in [-0.4, -0.2) is 29.5 Å². The number of nitrogens with two attached hydrogens (primary N) is 1. The van der Waals surface area contributed by atoms with Gasteiger partial charge in [-0.25, -0.2) is 0 Å². The highest BCUT2D eigenvalue weighted by Crippen LogP contribution is 2.22. The Morgan fingerprint density at radius 1 is 1.33 bits per heavy atom. The number of hydrogen-bond donors (Lipinski definition) is 1. The first-order chi connectivity index (χ1) is 7.42. The molecule has 2 heterocycles. The molecule has 0 saturated carbocycles. The molecule has 3 heteroatoms. The highest BCUT2D eigenvalue weighted by molar-refractivity contribution is 5.14. The second kappa shape index (κ2) is 5.24. The molecule has 0 aliphatic carbocycles. The molecule has 1 fully saturated rings. The van der Waals surface area contributed by atoms with Crippen molar-refractivity contribution in [1.82, 2.24) is 9.88 Å². The lowest BCUT2D eigenvalue weighted by atomic mass is 10.0. The molecular weight excluding hydrogens is 186 g/mol. The maximum absolute atomic E-state index is 5.87. The summed E-state index contributed by atoms with van der Waals surface area (Å²) in [7, 11) is 0. The van der Waals surface area contributed by atoms with E-state index >= 15 is 0 Å². The van der Waals surface area contributed by atoms with Crippen LogP contribution in [0, 0.1) is 0 Å². The first-order valence-electron chi connectivity index (χ1n) is 5.76. The van der Waals surface area contributed by atoms with Crippen LogP contribution in [0.4, 0.5) is 0 Å². The van der Waals surface area contributed by atoms with Gasteiger partial charge in [-0.05, 0) is 37.6 Å². The summed E-state index contributed by atoms with van der Waals surface area (Å²) in [6.07, 6.45) is 7.72. The molecule has 15 heavy (non-hydrogen) atoms. The van der Waals surface area contributed by atoms with Gasteiger partial charge in [0.25, 0.3) is 0 Å². The highest BCUT2D eigenvalue weighted by Gasteiger charge is 2.20. The van der Waals surface area contributed by atoms with Crippen molar-refractivity contribution in [3.63, 3.8) is 0 Å². The van der Waals surface area contributed by atoms with E-state index in [2.05, 4.69) is 16.0 Å².